The van der Waals surface area contributed by atoms with E-state index in [4.69, 9.17) is 4.74 Å². The van der Waals surface area contributed by atoms with E-state index < -0.39 is 29.2 Å². The summed E-state index contributed by atoms with van der Waals surface area (Å²) in [6.07, 6.45) is 7.90. The molecule has 53 heavy (non-hydrogen) atoms. The van der Waals surface area contributed by atoms with Crippen LogP contribution in [0.2, 0.25) is 0 Å². The van der Waals surface area contributed by atoms with Gasteiger partial charge < -0.3 is 30.3 Å². The summed E-state index contributed by atoms with van der Waals surface area (Å²) in [6.45, 7) is 13.7. The molecule has 2 unspecified atom stereocenters. The SMILES string of the molecule is CC(C)=CCCC(C)=CCOc1cc(O)c2c(c1)C(C1c3cc(C)cc(O)c3C(=O)c3c1cc(O)c(CC=C(C)C)c3O)c1cc(C)cc(O)c1C2=O. The number of rotatable bonds is 9. The van der Waals surface area contributed by atoms with E-state index in [1.165, 1.54) is 29.8 Å². The zero-order chi connectivity index (χ0) is 38.5. The molecule has 0 aliphatic heterocycles. The fraction of sp³-hybridized carbons (Fsp3) is 0.289. The summed E-state index contributed by atoms with van der Waals surface area (Å²) in [5.41, 5.74) is 6.19. The number of allylic oxidation sites excluding steroid dienone is 5. The van der Waals surface area contributed by atoms with Crippen molar-refractivity contribution in [3.63, 3.8) is 0 Å². The number of hydrogen-bond donors (Lipinski definition) is 5. The highest BCUT2D eigenvalue weighted by Crippen LogP contribution is 2.57. The summed E-state index contributed by atoms with van der Waals surface area (Å²) in [6, 6.07) is 11.1. The number of ketones is 2. The lowest BCUT2D eigenvalue weighted by atomic mass is 9.63. The number of aromatic hydroxyl groups is 5. The largest absolute Gasteiger partial charge is 0.508 e. The van der Waals surface area contributed by atoms with E-state index in [0.717, 1.165) is 24.0 Å². The minimum absolute atomic E-state index is 0.00232. The molecule has 0 bridgehead atoms. The molecule has 5 N–H and O–H groups in total. The maximum absolute atomic E-state index is 14.3. The van der Waals surface area contributed by atoms with Gasteiger partial charge in [0.1, 0.15) is 41.1 Å². The van der Waals surface area contributed by atoms with Crippen LogP contribution >= 0.6 is 0 Å². The van der Waals surface area contributed by atoms with E-state index in [2.05, 4.69) is 19.9 Å². The molecule has 0 saturated carbocycles. The zero-order valence-corrected chi connectivity index (χ0v) is 31.2. The second-order valence-corrected chi connectivity index (χ2v) is 14.9. The molecule has 2 aliphatic rings. The van der Waals surface area contributed by atoms with Crippen LogP contribution in [-0.4, -0.2) is 43.7 Å². The predicted octanol–water partition coefficient (Wildman–Crippen LogP) is 9.46. The molecule has 0 fully saturated rings. The Morgan fingerprint density at radius 1 is 0.604 bits per heavy atom. The number of ether oxygens (including phenoxy) is 1. The van der Waals surface area contributed by atoms with Crippen molar-refractivity contribution in [1.82, 2.24) is 0 Å². The molecule has 0 saturated heterocycles. The number of phenolic OH excluding ortho intramolecular Hbond substituents is 5. The van der Waals surface area contributed by atoms with Crippen LogP contribution in [0.1, 0.15) is 130 Å². The van der Waals surface area contributed by atoms with Gasteiger partial charge in [-0.15, -0.1) is 0 Å². The van der Waals surface area contributed by atoms with Gasteiger partial charge in [0.25, 0.3) is 0 Å². The summed E-state index contributed by atoms with van der Waals surface area (Å²) in [5, 5.41) is 57.4. The van der Waals surface area contributed by atoms with Crippen molar-refractivity contribution >= 4 is 11.6 Å². The number of aryl methyl sites for hydroxylation is 2. The number of hydrogen-bond acceptors (Lipinski definition) is 8. The molecule has 8 nitrogen and oxygen atoms in total. The predicted molar refractivity (Wildman–Crippen MR) is 205 cm³/mol. The fourth-order valence-electron chi connectivity index (χ4n) is 7.75. The van der Waals surface area contributed by atoms with Crippen LogP contribution in [0.3, 0.4) is 0 Å². The lowest BCUT2D eigenvalue weighted by Crippen LogP contribution is -2.30. The van der Waals surface area contributed by atoms with Crippen LogP contribution in [0.15, 0.2) is 77.4 Å². The molecule has 0 heterocycles. The Kier molecular flexibility index (Phi) is 10.0. The van der Waals surface area contributed by atoms with E-state index >= 15 is 0 Å². The number of benzene rings is 4. The second-order valence-electron chi connectivity index (χ2n) is 14.9. The highest BCUT2D eigenvalue weighted by atomic mass is 16.5. The maximum Gasteiger partial charge on any atom is 0.201 e. The molecule has 0 amide bonds. The minimum atomic E-state index is -0.892. The van der Waals surface area contributed by atoms with Gasteiger partial charge in [0.2, 0.25) is 11.6 Å². The summed E-state index contributed by atoms with van der Waals surface area (Å²) < 4.78 is 6.16. The average molecular weight is 715 g/mol. The Labute approximate surface area is 310 Å². The fourth-order valence-corrected chi connectivity index (χ4v) is 7.75. The topological polar surface area (TPSA) is 145 Å². The van der Waals surface area contributed by atoms with Gasteiger partial charge in [-0.3, -0.25) is 9.59 Å². The molecule has 8 heteroatoms. The molecule has 0 radical (unpaired) electrons. The number of carbonyl (C=O) groups excluding carboxylic acids is 2. The van der Waals surface area contributed by atoms with E-state index in [1.807, 2.05) is 32.9 Å². The summed E-state index contributed by atoms with van der Waals surface area (Å²) >= 11 is 0. The molecule has 274 valence electrons. The quantitative estimate of drug-likeness (QED) is 0.108. The average Bonchev–Trinajstić information content (AvgIpc) is 3.04. The Hall–Kier alpha value is -5.76. The van der Waals surface area contributed by atoms with Gasteiger partial charge >= 0.3 is 0 Å². The monoisotopic (exact) mass is 714 g/mol. The molecule has 0 aromatic heterocycles. The van der Waals surface area contributed by atoms with Gasteiger partial charge in [-0.1, -0.05) is 41.0 Å². The number of carbonyl (C=O) groups is 2. The number of fused-ring (bicyclic) bond motifs is 4. The van der Waals surface area contributed by atoms with Gasteiger partial charge in [-0.05, 0) is 131 Å². The van der Waals surface area contributed by atoms with Crippen molar-refractivity contribution in [2.45, 2.75) is 79.6 Å². The Balaban J connectivity index is 1.61. The van der Waals surface area contributed by atoms with Gasteiger partial charge in [-0.2, -0.15) is 0 Å². The van der Waals surface area contributed by atoms with Gasteiger partial charge in [0.15, 0.2) is 0 Å². The molecule has 0 spiro atoms. The smallest absolute Gasteiger partial charge is 0.201 e. The highest BCUT2D eigenvalue weighted by Gasteiger charge is 2.46. The Bertz CT molecular complexity index is 2280. The molecular weight excluding hydrogens is 668 g/mol. The van der Waals surface area contributed by atoms with E-state index in [1.54, 1.807) is 32.0 Å². The van der Waals surface area contributed by atoms with Gasteiger partial charge in [0.05, 0.1) is 22.3 Å². The highest BCUT2D eigenvalue weighted by molar-refractivity contribution is 6.18. The van der Waals surface area contributed by atoms with Crippen molar-refractivity contribution in [2.75, 3.05) is 6.61 Å². The lowest BCUT2D eigenvalue weighted by molar-refractivity contribution is 0.101. The molecular formula is C45H46O8. The van der Waals surface area contributed by atoms with E-state index in [9.17, 15) is 35.1 Å². The van der Waals surface area contributed by atoms with Crippen LogP contribution in [-0.2, 0) is 6.42 Å². The third-order valence-corrected chi connectivity index (χ3v) is 10.2. The summed E-state index contributed by atoms with van der Waals surface area (Å²) in [5.74, 6) is -4.14. The van der Waals surface area contributed by atoms with Crippen LogP contribution < -0.4 is 4.74 Å². The van der Waals surface area contributed by atoms with Gasteiger partial charge in [0, 0.05) is 23.5 Å². The maximum atomic E-state index is 14.3. The molecule has 6 rings (SSSR count). The van der Waals surface area contributed by atoms with E-state index in [-0.39, 0.29) is 69.4 Å². The summed E-state index contributed by atoms with van der Waals surface area (Å²) in [7, 11) is 0. The van der Waals surface area contributed by atoms with Crippen molar-refractivity contribution < 1.29 is 39.9 Å². The molecule has 4 aromatic carbocycles. The van der Waals surface area contributed by atoms with Crippen molar-refractivity contribution in [1.29, 1.82) is 0 Å². The standard InChI is InChI=1S/C45H46O8/c1-22(2)9-8-10-24(5)13-14-53-27-19-31-37(29-15-25(6)17-34(47)39(29)44(51)41(31)36(49)20-27)38-30-16-26(7)18-35(48)40(30)45(52)42-32(38)21-33(46)28(43(42)50)12-11-23(3)4/h9,11,13,15-21,37-38,46-50H,8,10,12,14H2,1-7H3. The van der Waals surface area contributed by atoms with E-state index in [0.29, 0.717) is 33.6 Å². The van der Waals surface area contributed by atoms with Gasteiger partial charge in [-0.25, -0.2) is 0 Å². The Morgan fingerprint density at radius 2 is 1.09 bits per heavy atom. The number of phenols is 5. The molecule has 2 atom stereocenters. The summed E-state index contributed by atoms with van der Waals surface area (Å²) in [4.78, 5) is 28.6. The van der Waals surface area contributed by atoms with Crippen molar-refractivity contribution in [3.8, 4) is 34.5 Å². The minimum Gasteiger partial charge on any atom is -0.508 e. The Morgan fingerprint density at radius 3 is 1.64 bits per heavy atom. The first-order valence-corrected chi connectivity index (χ1v) is 17.8. The third kappa shape index (κ3) is 6.81. The van der Waals surface area contributed by atoms with Crippen LogP contribution in [0.25, 0.3) is 0 Å². The molecule has 4 aromatic rings. The van der Waals surface area contributed by atoms with Crippen LogP contribution in [0.5, 0.6) is 34.5 Å². The second kappa shape index (κ2) is 14.3. The van der Waals surface area contributed by atoms with Crippen LogP contribution in [0, 0.1) is 13.8 Å². The third-order valence-electron chi connectivity index (χ3n) is 10.2. The first-order chi connectivity index (χ1) is 25.1. The lowest BCUT2D eigenvalue weighted by Gasteiger charge is -2.39. The van der Waals surface area contributed by atoms with Crippen molar-refractivity contribution in [3.05, 3.63) is 139 Å². The first kappa shape index (κ1) is 37.0. The first-order valence-electron chi connectivity index (χ1n) is 17.8. The van der Waals surface area contributed by atoms with Crippen LogP contribution in [0.4, 0.5) is 0 Å². The normalized spacial score (nSPS) is 15.9. The molecule has 2 aliphatic carbocycles. The van der Waals surface area contributed by atoms with Crippen molar-refractivity contribution in [2.24, 2.45) is 0 Å². The zero-order valence-electron chi connectivity index (χ0n) is 31.2.